The predicted octanol–water partition coefficient (Wildman–Crippen LogP) is 4.61. The van der Waals surface area contributed by atoms with Gasteiger partial charge in [-0.25, -0.2) is 0 Å². The van der Waals surface area contributed by atoms with E-state index in [1.807, 2.05) is 6.07 Å². The zero-order chi connectivity index (χ0) is 12.5. The molecule has 0 aliphatic carbocycles. The van der Waals surface area contributed by atoms with E-state index in [-0.39, 0.29) is 4.83 Å². The molecule has 94 valence electrons. The molecule has 5 heteroatoms. The smallest absolute Gasteiger partial charge is 0.161 e. The summed E-state index contributed by atoms with van der Waals surface area (Å²) in [5, 5.41) is 2.18. The first-order valence-corrected chi connectivity index (χ1v) is 8.39. The normalized spacial score (nSPS) is 15.4. The van der Waals surface area contributed by atoms with Crippen molar-refractivity contribution in [3.05, 3.63) is 43.7 Å². The van der Waals surface area contributed by atoms with E-state index >= 15 is 0 Å². The molecule has 1 aliphatic rings. The molecule has 0 amide bonds. The third-order valence-corrected chi connectivity index (χ3v) is 5.60. The Morgan fingerprint density at radius 3 is 2.61 bits per heavy atom. The quantitative estimate of drug-likeness (QED) is 0.505. The highest BCUT2D eigenvalue weighted by atomic mass is 127. The second-order valence-corrected chi connectivity index (χ2v) is 7.67. The minimum absolute atomic E-state index is 0.202. The molecule has 0 bridgehead atoms. The Labute approximate surface area is 132 Å². The van der Waals surface area contributed by atoms with Gasteiger partial charge < -0.3 is 9.47 Å². The van der Waals surface area contributed by atoms with Gasteiger partial charge in [0.25, 0.3) is 0 Å². The van der Waals surface area contributed by atoms with Crippen LogP contribution >= 0.6 is 49.9 Å². The number of benzene rings is 1. The lowest BCUT2D eigenvalue weighted by atomic mass is 10.1. The maximum atomic E-state index is 5.61. The van der Waals surface area contributed by atoms with Crippen LogP contribution in [0.25, 0.3) is 0 Å². The Morgan fingerprint density at radius 2 is 1.89 bits per heavy atom. The van der Waals surface area contributed by atoms with E-state index in [4.69, 9.17) is 9.47 Å². The molecule has 2 aromatic rings. The molecule has 2 heterocycles. The van der Waals surface area contributed by atoms with Crippen LogP contribution in [0, 0.1) is 2.88 Å². The van der Waals surface area contributed by atoms with Gasteiger partial charge in [-0.15, -0.1) is 11.3 Å². The number of hydrogen-bond donors (Lipinski definition) is 0. The number of alkyl halides is 1. The monoisotopic (exact) mass is 436 g/mol. The molecule has 1 aromatic carbocycles. The van der Waals surface area contributed by atoms with Gasteiger partial charge in [0.1, 0.15) is 13.2 Å². The van der Waals surface area contributed by atoms with E-state index in [1.165, 1.54) is 14.0 Å². The van der Waals surface area contributed by atoms with Crippen molar-refractivity contribution in [3.63, 3.8) is 0 Å². The maximum absolute atomic E-state index is 5.61. The van der Waals surface area contributed by atoms with Crippen LogP contribution < -0.4 is 9.47 Å². The molecule has 2 nitrogen and oxygen atoms in total. The number of thiophene rings is 1. The SMILES string of the molecule is BrC(c1csc(I)c1)c1ccc2c(c1)OCCO2. The third kappa shape index (κ3) is 2.53. The van der Waals surface area contributed by atoms with Crippen LogP contribution in [-0.4, -0.2) is 13.2 Å². The van der Waals surface area contributed by atoms with Gasteiger partial charge in [0.05, 0.1) is 7.71 Å². The molecule has 0 N–H and O–H groups in total. The summed E-state index contributed by atoms with van der Waals surface area (Å²) < 4.78 is 12.4. The summed E-state index contributed by atoms with van der Waals surface area (Å²) in [5.41, 5.74) is 2.47. The third-order valence-electron chi connectivity index (χ3n) is 2.74. The van der Waals surface area contributed by atoms with Crippen LogP contribution in [0.5, 0.6) is 11.5 Å². The number of fused-ring (bicyclic) bond motifs is 1. The molecule has 0 fully saturated rings. The fraction of sp³-hybridized carbons (Fsp3) is 0.231. The fourth-order valence-electron chi connectivity index (χ4n) is 1.87. The van der Waals surface area contributed by atoms with E-state index in [0.717, 1.165) is 11.5 Å². The van der Waals surface area contributed by atoms with E-state index in [0.29, 0.717) is 13.2 Å². The molecule has 18 heavy (non-hydrogen) atoms. The molecule has 0 spiro atoms. The number of hydrogen-bond acceptors (Lipinski definition) is 3. The molecule has 0 radical (unpaired) electrons. The van der Waals surface area contributed by atoms with Crippen molar-refractivity contribution >= 4 is 49.9 Å². The van der Waals surface area contributed by atoms with Crippen molar-refractivity contribution in [1.82, 2.24) is 0 Å². The molecule has 0 saturated carbocycles. The highest BCUT2D eigenvalue weighted by Gasteiger charge is 2.17. The lowest BCUT2D eigenvalue weighted by Crippen LogP contribution is -2.15. The summed E-state index contributed by atoms with van der Waals surface area (Å²) in [6.07, 6.45) is 0. The van der Waals surface area contributed by atoms with E-state index < -0.39 is 0 Å². The van der Waals surface area contributed by atoms with Gasteiger partial charge in [0.15, 0.2) is 11.5 Å². The Morgan fingerprint density at radius 1 is 1.11 bits per heavy atom. The first-order chi connectivity index (χ1) is 8.74. The van der Waals surface area contributed by atoms with Gasteiger partial charge in [-0.2, -0.15) is 0 Å². The Hall–Kier alpha value is -0.270. The summed E-state index contributed by atoms with van der Waals surface area (Å²) in [4.78, 5) is 0.202. The van der Waals surface area contributed by atoms with E-state index in [2.05, 4.69) is 62.1 Å². The number of ether oxygens (including phenoxy) is 2. The predicted molar refractivity (Wildman–Crippen MR) is 85.2 cm³/mol. The second-order valence-electron chi connectivity index (χ2n) is 3.95. The van der Waals surface area contributed by atoms with Crippen LogP contribution in [0.4, 0.5) is 0 Å². The van der Waals surface area contributed by atoms with Crippen LogP contribution in [0.1, 0.15) is 16.0 Å². The Kier molecular flexibility index (Phi) is 3.81. The Bertz CT molecular complexity index is 570. The minimum Gasteiger partial charge on any atom is -0.486 e. The number of rotatable bonds is 2. The van der Waals surface area contributed by atoms with Gasteiger partial charge in [-0.05, 0) is 57.3 Å². The highest BCUT2D eigenvalue weighted by molar-refractivity contribution is 14.1. The van der Waals surface area contributed by atoms with E-state index in [9.17, 15) is 0 Å². The molecular formula is C13H10BrIO2S. The summed E-state index contributed by atoms with van der Waals surface area (Å²) in [6.45, 7) is 1.26. The Balaban J connectivity index is 1.92. The molecule has 0 saturated heterocycles. The van der Waals surface area contributed by atoms with Crippen molar-refractivity contribution in [2.75, 3.05) is 13.2 Å². The topological polar surface area (TPSA) is 18.5 Å². The van der Waals surface area contributed by atoms with Gasteiger partial charge in [-0.1, -0.05) is 22.0 Å². The largest absolute Gasteiger partial charge is 0.486 e. The first kappa shape index (κ1) is 12.7. The van der Waals surface area contributed by atoms with E-state index in [1.54, 1.807) is 11.3 Å². The van der Waals surface area contributed by atoms with Gasteiger partial charge >= 0.3 is 0 Å². The molecule has 1 aliphatic heterocycles. The van der Waals surface area contributed by atoms with Crippen molar-refractivity contribution in [3.8, 4) is 11.5 Å². The van der Waals surface area contributed by atoms with Crippen molar-refractivity contribution < 1.29 is 9.47 Å². The average molecular weight is 437 g/mol. The van der Waals surface area contributed by atoms with Crippen LogP contribution in [0.2, 0.25) is 0 Å². The summed E-state index contributed by atoms with van der Waals surface area (Å²) in [6, 6.07) is 8.31. The minimum atomic E-state index is 0.202. The molecule has 3 rings (SSSR count). The summed E-state index contributed by atoms with van der Waals surface area (Å²) in [5.74, 6) is 1.68. The van der Waals surface area contributed by atoms with Crippen molar-refractivity contribution in [1.29, 1.82) is 0 Å². The summed E-state index contributed by atoms with van der Waals surface area (Å²) >= 11 is 7.84. The average Bonchev–Trinajstić information content (AvgIpc) is 2.84. The van der Waals surface area contributed by atoms with Crippen LogP contribution in [-0.2, 0) is 0 Å². The highest BCUT2D eigenvalue weighted by Crippen LogP contribution is 2.39. The summed E-state index contributed by atoms with van der Waals surface area (Å²) in [7, 11) is 0. The van der Waals surface area contributed by atoms with Gasteiger partial charge in [-0.3, -0.25) is 0 Å². The van der Waals surface area contributed by atoms with Crippen molar-refractivity contribution in [2.45, 2.75) is 4.83 Å². The van der Waals surface area contributed by atoms with Crippen molar-refractivity contribution in [2.24, 2.45) is 0 Å². The zero-order valence-electron chi connectivity index (χ0n) is 9.36. The standard InChI is InChI=1S/C13H10BrIO2S/c14-13(9-6-12(15)18-7-9)8-1-2-10-11(5-8)17-4-3-16-10/h1-2,5-7,13H,3-4H2. The second kappa shape index (κ2) is 5.38. The molecule has 1 atom stereocenters. The molecule has 1 unspecified atom stereocenters. The molecular weight excluding hydrogens is 427 g/mol. The maximum Gasteiger partial charge on any atom is 0.161 e. The van der Waals surface area contributed by atoms with Crippen LogP contribution in [0.3, 0.4) is 0 Å². The number of halogens is 2. The van der Waals surface area contributed by atoms with Gasteiger partial charge in [0.2, 0.25) is 0 Å². The lowest BCUT2D eigenvalue weighted by Gasteiger charge is -2.20. The van der Waals surface area contributed by atoms with Gasteiger partial charge in [0, 0.05) is 0 Å². The van der Waals surface area contributed by atoms with Crippen LogP contribution in [0.15, 0.2) is 29.6 Å². The lowest BCUT2D eigenvalue weighted by molar-refractivity contribution is 0.171. The fourth-order valence-corrected chi connectivity index (χ4v) is 3.99. The molecule has 1 aromatic heterocycles. The first-order valence-electron chi connectivity index (χ1n) is 5.51. The zero-order valence-corrected chi connectivity index (χ0v) is 13.9.